The van der Waals surface area contributed by atoms with Crippen LogP contribution in [0.3, 0.4) is 0 Å². The first-order chi connectivity index (χ1) is 18.8. The van der Waals surface area contributed by atoms with Crippen molar-refractivity contribution in [1.82, 2.24) is 19.2 Å². The fourth-order valence-electron chi connectivity index (χ4n) is 5.19. The number of likely N-dealkylation sites (tertiary alicyclic amines) is 1. The molecule has 1 amide bonds. The van der Waals surface area contributed by atoms with Crippen LogP contribution in [0, 0.1) is 17.7 Å². The van der Waals surface area contributed by atoms with Crippen LogP contribution in [0.4, 0.5) is 22.4 Å². The van der Waals surface area contributed by atoms with Gasteiger partial charge in [-0.3, -0.25) is 0 Å². The van der Waals surface area contributed by atoms with Crippen molar-refractivity contribution in [2.75, 3.05) is 45.1 Å². The number of aromatic nitrogens is 2. The second kappa shape index (κ2) is 11.1. The molecule has 0 N–H and O–H groups in total. The number of sulfonamides is 1. The number of halogens is 4. The van der Waals surface area contributed by atoms with E-state index >= 15 is 4.39 Å². The molecule has 3 aliphatic heterocycles. The zero-order valence-corrected chi connectivity index (χ0v) is 22.8. The smallest absolute Gasteiger partial charge is 0.410 e. The molecule has 4 heterocycles. The van der Waals surface area contributed by atoms with Crippen LogP contribution in [0.15, 0.2) is 6.33 Å². The molecule has 40 heavy (non-hydrogen) atoms. The van der Waals surface area contributed by atoms with Crippen molar-refractivity contribution in [3.05, 3.63) is 12.1 Å². The summed E-state index contributed by atoms with van der Waals surface area (Å²) < 4.78 is 101. The fourth-order valence-corrected chi connectivity index (χ4v) is 6.70. The molecular formula is C24H32F4N4O7S. The topological polar surface area (TPSA) is 120 Å². The average Bonchev–Trinajstić information content (AvgIpc) is 3.61. The highest BCUT2D eigenvalue weighted by Crippen LogP contribution is 2.40. The van der Waals surface area contributed by atoms with E-state index in [4.69, 9.17) is 18.9 Å². The highest BCUT2D eigenvalue weighted by molar-refractivity contribution is 7.89. The van der Waals surface area contributed by atoms with Crippen LogP contribution in [-0.2, 0) is 19.5 Å². The maximum atomic E-state index is 15.3. The lowest BCUT2D eigenvalue weighted by molar-refractivity contribution is -0.130. The van der Waals surface area contributed by atoms with E-state index in [1.165, 1.54) is 0 Å². The molecule has 0 aromatic carbocycles. The highest BCUT2D eigenvalue weighted by Gasteiger charge is 2.47. The predicted molar refractivity (Wildman–Crippen MR) is 130 cm³/mol. The summed E-state index contributed by atoms with van der Waals surface area (Å²) in [6, 6.07) is 0. The summed E-state index contributed by atoms with van der Waals surface area (Å²) in [4.78, 5) is 22.1. The van der Waals surface area contributed by atoms with Crippen molar-refractivity contribution in [2.45, 2.75) is 63.0 Å². The van der Waals surface area contributed by atoms with E-state index in [1.807, 2.05) is 6.92 Å². The minimum atomic E-state index is -4.57. The summed E-state index contributed by atoms with van der Waals surface area (Å²) in [6.07, 6.45) is -4.34. The van der Waals surface area contributed by atoms with Crippen molar-refractivity contribution in [2.24, 2.45) is 11.8 Å². The van der Waals surface area contributed by atoms with Crippen molar-refractivity contribution >= 4 is 16.1 Å². The van der Waals surface area contributed by atoms with E-state index in [-0.39, 0.29) is 55.6 Å². The number of nitrogens with zero attached hydrogens (tertiary/aromatic N) is 4. The lowest BCUT2D eigenvalue weighted by atomic mass is 9.84. The number of ether oxygens (including phenoxy) is 4. The van der Waals surface area contributed by atoms with Crippen LogP contribution < -0.4 is 9.47 Å². The number of amides is 1. The Morgan fingerprint density at radius 3 is 2.27 bits per heavy atom. The Balaban J connectivity index is 1.17. The van der Waals surface area contributed by atoms with Crippen LogP contribution in [0.25, 0.3) is 0 Å². The molecule has 2 unspecified atom stereocenters. The zero-order valence-electron chi connectivity index (χ0n) is 21.9. The summed E-state index contributed by atoms with van der Waals surface area (Å²) >= 11 is 0. The molecular weight excluding hydrogens is 564 g/mol. The Labute approximate surface area is 229 Å². The van der Waals surface area contributed by atoms with Crippen molar-refractivity contribution in [1.29, 1.82) is 0 Å². The van der Waals surface area contributed by atoms with Gasteiger partial charge in [-0.2, -0.15) is 27.5 Å². The molecule has 1 saturated carbocycles. The van der Waals surface area contributed by atoms with Crippen LogP contribution in [0.1, 0.15) is 39.0 Å². The van der Waals surface area contributed by atoms with Crippen molar-refractivity contribution in [3.8, 4) is 11.8 Å². The van der Waals surface area contributed by atoms with Crippen molar-refractivity contribution in [3.63, 3.8) is 0 Å². The molecule has 0 spiro atoms. The number of rotatable bonds is 8. The number of piperidine rings is 2. The number of carbonyl (C=O) groups is 1. The van der Waals surface area contributed by atoms with Gasteiger partial charge in [0.25, 0.3) is 11.8 Å². The van der Waals surface area contributed by atoms with Crippen LogP contribution in [-0.4, -0.2) is 103 Å². The Kier molecular flexibility index (Phi) is 8.05. The van der Waals surface area contributed by atoms with Gasteiger partial charge in [-0.15, -0.1) is 0 Å². The standard InChI is InChI=1S/C24H32F4N4O7S/c1-23(4-5-23)39-22(33)31-10-15-12-36-13-16(11-31)19(15)38-21-18(25)20(29-14-30-21)37-17-2-7-32(8-3-17)40(34,35)9-6-24(26,27)28/h14-17,19H,2-13H2,1H3. The molecule has 4 fully saturated rings. The third-order valence-corrected chi connectivity index (χ3v) is 9.61. The largest absolute Gasteiger partial charge is 0.472 e. The van der Waals surface area contributed by atoms with E-state index in [1.54, 1.807) is 4.90 Å². The second-order valence-electron chi connectivity index (χ2n) is 11.1. The maximum absolute atomic E-state index is 15.3. The molecule has 1 aliphatic carbocycles. The fraction of sp³-hybridized carbons (Fsp3) is 0.792. The summed E-state index contributed by atoms with van der Waals surface area (Å²) in [5, 5.41) is 0. The van der Waals surface area contributed by atoms with Crippen molar-refractivity contribution < 1.29 is 49.7 Å². The molecule has 11 nitrogen and oxygen atoms in total. The molecule has 224 valence electrons. The van der Waals surface area contributed by atoms with Gasteiger partial charge in [0.05, 0.1) is 25.4 Å². The van der Waals surface area contributed by atoms with Gasteiger partial charge < -0.3 is 23.8 Å². The molecule has 2 atom stereocenters. The Morgan fingerprint density at radius 1 is 1.10 bits per heavy atom. The molecule has 1 aromatic rings. The van der Waals surface area contributed by atoms with Gasteiger partial charge in [0.2, 0.25) is 15.8 Å². The minimum absolute atomic E-state index is 0.0512. The van der Waals surface area contributed by atoms with Gasteiger partial charge >= 0.3 is 12.3 Å². The normalized spacial score (nSPS) is 27.2. The summed E-state index contributed by atoms with van der Waals surface area (Å²) in [5.41, 5.74) is -0.394. The molecule has 2 bridgehead atoms. The molecule has 3 saturated heterocycles. The molecule has 4 aliphatic rings. The van der Waals surface area contributed by atoms with Crippen LogP contribution in [0.2, 0.25) is 0 Å². The molecule has 5 rings (SSSR count). The SMILES string of the molecule is CC1(OC(=O)N2CC3COCC(C2)C3Oc2ncnc(OC3CCN(S(=O)(=O)CCC(F)(F)F)CC3)c2F)CC1. The van der Waals surface area contributed by atoms with E-state index in [0.29, 0.717) is 26.3 Å². The Hall–Kier alpha value is -2.46. The third-order valence-electron chi connectivity index (χ3n) is 7.74. The average molecular weight is 597 g/mol. The summed E-state index contributed by atoms with van der Waals surface area (Å²) in [7, 11) is -4.07. The number of alkyl halides is 3. The quantitative estimate of drug-likeness (QED) is 0.417. The van der Waals surface area contributed by atoms with E-state index < -0.39 is 52.0 Å². The monoisotopic (exact) mass is 596 g/mol. The number of hydrogen-bond acceptors (Lipinski definition) is 9. The lowest BCUT2D eigenvalue weighted by Gasteiger charge is -2.46. The highest BCUT2D eigenvalue weighted by atomic mass is 32.2. The van der Waals surface area contributed by atoms with E-state index in [0.717, 1.165) is 23.5 Å². The van der Waals surface area contributed by atoms with Gasteiger partial charge in [-0.25, -0.2) is 17.5 Å². The first-order valence-electron chi connectivity index (χ1n) is 13.3. The Morgan fingerprint density at radius 2 is 1.70 bits per heavy atom. The van der Waals surface area contributed by atoms with Crippen LogP contribution >= 0.6 is 0 Å². The third kappa shape index (κ3) is 6.87. The van der Waals surface area contributed by atoms with Gasteiger partial charge in [-0.05, 0) is 32.6 Å². The maximum Gasteiger partial charge on any atom is 0.410 e. The zero-order chi connectivity index (χ0) is 28.7. The van der Waals surface area contributed by atoms with E-state index in [2.05, 4.69) is 9.97 Å². The second-order valence-corrected chi connectivity index (χ2v) is 13.1. The number of fused-ring (bicyclic) bond motifs is 2. The first-order valence-corrected chi connectivity index (χ1v) is 14.9. The Bertz CT molecular complexity index is 1180. The molecule has 0 radical (unpaired) electrons. The first kappa shape index (κ1) is 29.0. The van der Waals surface area contributed by atoms with E-state index in [9.17, 15) is 26.4 Å². The summed E-state index contributed by atoms with van der Waals surface area (Å²) in [6.45, 7) is 3.10. The van der Waals surface area contributed by atoms with Gasteiger partial charge in [-0.1, -0.05) is 0 Å². The predicted octanol–water partition coefficient (Wildman–Crippen LogP) is 2.76. The van der Waals surface area contributed by atoms with Gasteiger partial charge in [0, 0.05) is 38.0 Å². The summed E-state index contributed by atoms with van der Waals surface area (Å²) in [5.74, 6) is -3.05. The number of carbonyl (C=O) groups excluding carboxylic acids is 1. The number of hydrogen-bond donors (Lipinski definition) is 0. The van der Waals surface area contributed by atoms with Gasteiger partial charge in [0.1, 0.15) is 24.1 Å². The van der Waals surface area contributed by atoms with Crippen LogP contribution in [0.5, 0.6) is 11.8 Å². The lowest BCUT2D eigenvalue weighted by Crippen LogP contribution is -2.59. The molecule has 1 aromatic heterocycles. The van der Waals surface area contributed by atoms with Gasteiger partial charge in [0.15, 0.2) is 0 Å². The molecule has 16 heteroatoms. The minimum Gasteiger partial charge on any atom is -0.472 e.